The number of rotatable bonds is 8. The maximum Gasteiger partial charge on any atom is 0.311 e. The van der Waals surface area contributed by atoms with E-state index in [2.05, 4.69) is 28.2 Å². The molecular formula is C14H19BrN2O4. The van der Waals surface area contributed by atoms with Crippen molar-refractivity contribution < 1.29 is 14.5 Å². The van der Waals surface area contributed by atoms with Gasteiger partial charge in [-0.05, 0) is 25.8 Å². The summed E-state index contributed by atoms with van der Waals surface area (Å²) >= 11 is 3.49. The van der Waals surface area contributed by atoms with Crippen LogP contribution in [0.25, 0.3) is 0 Å². The molecule has 6 nitrogen and oxygen atoms in total. The number of nitrogens with one attached hydrogen (secondary N) is 1. The van der Waals surface area contributed by atoms with Crippen molar-refractivity contribution in [3.05, 3.63) is 33.9 Å². The van der Waals surface area contributed by atoms with Crippen molar-refractivity contribution >= 4 is 27.5 Å². The van der Waals surface area contributed by atoms with Gasteiger partial charge >= 0.3 is 5.69 Å². The number of ether oxygens (including phenoxy) is 1. The normalized spacial score (nSPS) is 11.8. The van der Waals surface area contributed by atoms with Crippen molar-refractivity contribution in [2.75, 3.05) is 13.2 Å². The maximum atomic E-state index is 12.2. The van der Waals surface area contributed by atoms with Gasteiger partial charge in [0.2, 0.25) is 5.75 Å². The summed E-state index contributed by atoms with van der Waals surface area (Å²) in [5.74, 6) is -0.341. The van der Waals surface area contributed by atoms with Crippen molar-refractivity contribution in [1.82, 2.24) is 5.32 Å². The molecule has 1 unspecified atom stereocenters. The quantitative estimate of drug-likeness (QED) is 0.439. The van der Waals surface area contributed by atoms with Crippen LogP contribution in [0.1, 0.15) is 37.0 Å². The number of nitro groups is 1. The molecule has 1 atom stereocenters. The molecule has 0 aliphatic carbocycles. The van der Waals surface area contributed by atoms with E-state index in [1.54, 1.807) is 6.92 Å². The Hall–Kier alpha value is -1.63. The summed E-state index contributed by atoms with van der Waals surface area (Å²) in [5.41, 5.74) is -0.00917. The number of para-hydroxylation sites is 1. The molecule has 0 saturated heterocycles. The average molecular weight is 359 g/mol. The molecule has 0 radical (unpaired) electrons. The fraction of sp³-hybridized carbons (Fsp3) is 0.500. The van der Waals surface area contributed by atoms with E-state index in [1.165, 1.54) is 18.2 Å². The highest BCUT2D eigenvalue weighted by Crippen LogP contribution is 2.30. The Bertz CT molecular complexity index is 508. The predicted octanol–water partition coefficient (Wildman–Crippen LogP) is 3.29. The molecular weight excluding hydrogens is 340 g/mol. The summed E-state index contributed by atoms with van der Waals surface area (Å²) in [4.78, 5) is 23.0. The smallest absolute Gasteiger partial charge is 0.311 e. The lowest BCUT2D eigenvalue weighted by atomic mass is 10.1. The van der Waals surface area contributed by atoms with Crippen LogP contribution in [0.5, 0.6) is 5.75 Å². The maximum absolute atomic E-state index is 12.2. The molecule has 0 fully saturated rings. The summed E-state index contributed by atoms with van der Waals surface area (Å²) in [7, 11) is 0. The minimum absolute atomic E-state index is 0.0217. The molecule has 1 aromatic carbocycles. The molecule has 1 N–H and O–H groups in total. The number of amides is 1. The molecule has 0 bridgehead atoms. The van der Waals surface area contributed by atoms with E-state index in [0.717, 1.165) is 12.8 Å². The Morgan fingerprint density at radius 2 is 2.19 bits per heavy atom. The highest BCUT2D eigenvalue weighted by molar-refractivity contribution is 9.09. The van der Waals surface area contributed by atoms with Gasteiger partial charge in [0.1, 0.15) is 0 Å². The van der Waals surface area contributed by atoms with E-state index < -0.39 is 4.92 Å². The standard InChI is InChI=1S/C14H19BrN2O4/c1-3-10(15)8-9-16-14(18)11-6-5-7-12(17(19)20)13(11)21-4-2/h5-7,10H,3-4,8-9H2,1-2H3,(H,16,18). The molecule has 1 rings (SSSR count). The van der Waals surface area contributed by atoms with Crippen LogP contribution < -0.4 is 10.1 Å². The summed E-state index contributed by atoms with van der Waals surface area (Å²) < 4.78 is 5.29. The number of carbonyl (C=O) groups excluding carboxylic acids is 1. The van der Waals surface area contributed by atoms with Gasteiger partial charge in [-0.15, -0.1) is 0 Å². The molecule has 1 amide bonds. The van der Waals surface area contributed by atoms with Crippen LogP contribution in [0.3, 0.4) is 0 Å². The summed E-state index contributed by atoms with van der Waals surface area (Å²) in [5, 5.41) is 13.8. The van der Waals surface area contributed by atoms with Gasteiger partial charge in [-0.2, -0.15) is 0 Å². The van der Waals surface area contributed by atoms with Crippen LogP contribution >= 0.6 is 15.9 Å². The molecule has 116 valence electrons. The van der Waals surface area contributed by atoms with Crippen molar-refractivity contribution in [3.8, 4) is 5.75 Å². The van der Waals surface area contributed by atoms with Crippen LogP contribution in [0, 0.1) is 10.1 Å². The zero-order chi connectivity index (χ0) is 15.8. The highest BCUT2D eigenvalue weighted by Gasteiger charge is 2.22. The molecule has 0 aliphatic rings. The van der Waals surface area contributed by atoms with Crippen molar-refractivity contribution in [2.45, 2.75) is 31.5 Å². The number of halogens is 1. The third kappa shape index (κ3) is 5.00. The molecule has 0 heterocycles. The number of nitro benzene ring substituents is 1. The molecule has 1 aromatic rings. The molecule has 0 aromatic heterocycles. The first-order valence-electron chi connectivity index (χ1n) is 6.83. The number of carbonyl (C=O) groups is 1. The average Bonchev–Trinajstić information content (AvgIpc) is 2.47. The van der Waals surface area contributed by atoms with E-state index in [9.17, 15) is 14.9 Å². The predicted molar refractivity (Wildman–Crippen MR) is 84.2 cm³/mol. The van der Waals surface area contributed by atoms with Crippen molar-refractivity contribution in [2.24, 2.45) is 0 Å². The summed E-state index contributed by atoms with van der Waals surface area (Å²) in [6.45, 7) is 4.52. The first-order chi connectivity index (χ1) is 10.0. The van der Waals surface area contributed by atoms with Crippen LogP contribution in [0.4, 0.5) is 5.69 Å². The third-order valence-corrected chi connectivity index (χ3v) is 4.02. The van der Waals surface area contributed by atoms with E-state index in [4.69, 9.17) is 4.74 Å². The van der Waals surface area contributed by atoms with Gasteiger partial charge in [-0.1, -0.05) is 28.9 Å². The van der Waals surface area contributed by atoms with Crippen LogP contribution in [-0.4, -0.2) is 28.8 Å². The molecule has 7 heteroatoms. The first kappa shape index (κ1) is 17.4. The Balaban J connectivity index is 2.88. The van der Waals surface area contributed by atoms with Gasteiger partial charge in [0.25, 0.3) is 5.91 Å². The largest absolute Gasteiger partial charge is 0.487 e. The second-order valence-electron chi connectivity index (χ2n) is 4.39. The number of nitrogens with zero attached hydrogens (tertiary/aromatic N) is 1. The minimum Gasteiger partial charge on any atom is -0.487 e. The molecule has 0 spiro atoms. The number of hydrogen-bond donors (Lipinski definition) is 1. The lowest BCUT2D eigenvalue weighted by Gasteiger charge is -2.12. The van der Waals surface area contributed by atoms with Crippen LogP contribution in [0.2, 0.25) is 0 Å². The fourth-order valence-electron chi connectivity index (χ4n) is 1.79. The highest BCUT2D eigenvalue weighted by atomic mass is 79.9. The van der Waals surface area contributed by atoms with E-state index in [1.807, 2.05) is 0 Å². The van der Waals surface area contributed by atoms with Gasteiger partial charge in [0.05, 0.1) is 17.1 Å². The minimum atomic E-state index is -0.548. The van der Waals surface area contributed by atoms with E-state index in [0.29, 0.717) is 11.4 Å². The Kier molecular flexibility index (Phi) is 7.14. The zero-order valence-corrected chi connectivity index (χ0v) is 13.7. The Morgan fingerprint density at radius 3 is 2.76 bits per heavy atom. The lowest BCUT2D eigenvalue weighted by molar-refractivity contribution is -0.385. The SMILES string of the molecule is CCOc1c(C(=O)NCCC(Br)CC)cccc1[N+](=O)[O-]. The monoisotopic (exact) mass is 358 g/mol. The van der Waals surface area contributed by atoms with Gasteiger partial charge in [0.15, 0.2) is 0 Å². The Labute approximate surface area is 132 Å². The van der Waals surface area contributed by atoms with Gasteiger partial charge < -0.3 is 10.1 Å². The Morgan fingerprint density at radius 1 is 1.48 bits per heavy atom. The summed E-state index contributed by atoms with van der Waals surface area (Å²) in [6, 6.07) is 4.33. The zero-order valence-electron chi connectivity index (χ0n) is 12.1. The van der Waals surface area contributed by atoms with Gasteiger partial charge in [0, 0.05) is 17.4 Å². The molecule has 0 saturated carbocycles. The first-order valence-corrected chi connectivity index (χ1v) is 7.75. The third-order valence-electron chi connectivity index (χ3n) is 2.91. The molecule has 21 heavy (non-hydrogen) atoms. The fourth-order valence-corrected chi connectivity index (χ4v) is 2.01. The molecule has 0 aliphatic heterocycles. The van der Waals surface area contributed by atoms with Gasteiger partial charge in [-0.3, -0.25) is 14.9 Å². The van der Waals surface area contributed by atoms with Crippen molar-refractivity contribution in [1.29, 1.82) is 0 Å². The van der Waals surface area contributed by atoms with Crippen LogP contribution in [0.15, 0.2) is 18.2 Å². The van der Waals surface area contributed by atoms with Crippen LogP contribution in [-0.2, 0) is 0 Å². The summed E-state index contributed by atoms with van der Waals surface area (Å²) in [6.07, 6.45) is 1.76. The number of hydrogen-bond acceptors (Lipinski definition) is 4. The number of alkyl halides is 1. The van der Waals surface area contributed by atoms with E-state index in [-0.39, 0.29) is 29.5 Å². The van der Waals surface area contributed by atoms with Crippen molar-refractivity contribution in [3.63, 3.8) is 0 Å². The van der Waals surface area contributed by atoms with E-state index >= 15 is 0 Å². The second-order valence-corrected chi connectivity index (χ2v) is 5.69. The van der Waals surface area contributed by atoms with Gasteiger partial charge in [-0.25, -0.2) is 0 Å². The lowest BCUT2D eigenvalue weighted by Crippen LogP contribution is -2.26. The second kappa shape index (κ2) is 8.61. The topological polar surface area (TPSA) is 81.5 Å². The number of benzene rings is 1.